The van der Waals surface area contributed by atoms with Crippen molar-refractivity contribution in [1.29, 1.82) is 0 Å². The van der Waals surface area contributed by atoms with Gasteiger partial charge >= 0.3 is 0 Å². The number of benzene rings is 1. The molecule has 0 bridgehead atoms. The lowest BCUT2D eigenvalue weighted by Crippen LogP contribution is -2.29. The SMILES string of the molecule is CC.CC(C)c1ccc(N2CCCCC2)cc1. The van der Waals surface area contributed by atoms with Crippen LogP contribution in [0.2, 0.25) is 0 Å². The molecule has 0 aromatic heterocycles. The fourth-order valence-corrected chi connectivity index (χ4v) is 2.22. The smallest absolute Gasteiger partial charge is 0.0366 e. The lowest BCUT2D eigenvalue weighted by Gasteiger charge is -2.29. The Morgan fingerprint density at radius 3 is 1.88 bits per heavy atom. The lowest BCUT2D eigenvalue weighted by molar-refractivity contribution is 0.578. The first-order chi connectivity index (χ1) is 8.27. The third-order valence-corrected chi connectivity index (χ3v) is 3.28. The van der Waals surface area contributed by atoms with Crippen molar-refractivity contribution < 1.29 is 0 Å². The van der Waals surface area contributed by atoms with Crippen LogP contribution in [0.3, 0.4) is 0 Å². The summed E-state index contributed by atoms with van der Waals surface area (Å²) in [4.78, 5) is 2.51. The first-order valence-corrected chi connectivity index (χ1v) is 7.12. The summed E-state index contributed by atoms with van der Waals surface area (Å²) in [5.74, 6) is 0.639. The van der Waals surface area contributed by atoms with E-state index in [1.165, 1.54) is 43.6 Å². The van der Waals surface area contributed by atoms with Gasteiger partial charge in [0, 0.05) is 18.8 Å². The van der Waals surface area contributed by atoms with Gasteiger partial charge in [-0.1, -0.05) is 39.8 Å². The van der Waals surface area contributed by atoms with Crippen LogP contribution in [0.15, 0.2) is 24.3 Å². The Morgan fingerprint density at radius 1 is 0.882 bits per heavy atom. The van der Waals surface area contributed by atoms with E-state index in [1.54, 1.807) is 0 Å². The minimum atomic E-state index is 0.639. The molecule has 96 valence electrons. The highest BCUT2D eigenvalue weighted by Crippen LogP contribution is 2.22. The van der Waals surface area contributed by atoms with E-state index in [1.807, 2.05) is 13.8 Å². The summed E-state index contributed by atoms with van der Waals surface area (Å²) in [6.07, 6.45) is 4.11. The van der Waals surface area contributed by atoms with Crippen LogP contribution in [0.5, 0.6) is 0 Å². The molecule has 0 unspecified atom stereocenters. The molecule has 0 spiro atoms. The van der Waals surface area contributed by atoms with E-state index < -0.39 is 0 Å². The number of rotatable bonds is 2. The molecule has 1 nitrogen and oxygen atoms in total. The molecule has 1 saturated heterocycles. The highest BCUT2D eigenvalue weighted by molar-refractivity contribution is 5.48. The zero-order valence-corrected chi connectivity index (χ0v) is 11.9. The number of hydrogen-bond acceptors (Lipinski definition) is 1. The molecule has 17 heavy (non-hydrogen) atoms. The third-order valence-electron chi connectivity index (χ3n) is 3.28. The quantitative estimate of drug-likeness (QED) is 0.707. The maximum atomic E-state index is 2.51. The van der Waals surface area contributed by atoms with Crippen LogP contribution in [0.1, 0.15) is 58.4 Å². The maximum Gasteiger partial charge on any atom is 0.0366 e. The molecule has 2 rings (SSSR count). The fourth-order valence-electron chi connectivity index (χ4n) is 2.22. The lowest BCUT2D eigenvalue weighted by atomic mass is 10.0. The average molecular weight is 233 g/mol. The van der Waals surface area contributed by atoms with Gasteiger partial charge in [-0.15, -0.1) is 0 Å². The van der Waals surface area contributed by atoms with Gasteiger partial charge in [-0.05, 0) is 42.9 Å². The predicted molar refractivity (Wildman–Crippen MR) is 77.9 cm³/mol. The first kappa shape index (κ1) is 14.1. The van der Waals surface area contributed by atoms with Crippen LogP contribution in [-0.2, 0) is 0 Å². The summed E-state index contributed by atoms with van der Waals surface area (Å²) >= 11 is 0. The van der Waals surface area contributed by atoms with Gasteiger partial charge in [0.1, 0.15) is 0 Å². The number of anilines is 1. The van der Waals surface area contributed by atoms with Crippen molar-refractivity contribution in [3.8, 4) is 0 Å². The number of nitrogens with zero attached hydrogens (tertiary/aromatic N) is 1. The number of hydrogen-bond donors (Lipinski definition) is 0. The summed E-state index contributed by atoms with van der Waals surface area (Å²) in [5.41, 5.74) is 2.84. The molecule has 1 fully saturated rings. The monoisotopic (exact) mass is 233 g/mol. The molecular weight excluding hydrogens is 206 g/mol. The molecule has 0 atom stereocenters. The van der Waals surface area contributed by atoms with Crippen LogP contribution in [0, 0.1) is 0 Å². The average Bonchev–Trinajstić information content (AvgIpc) is 2.42. The van der Waals surface area contributed by atoms with Gasteiger partial charge < -0.3 is 4.90 Å². The van der Waals surface area contributed by atoms with Crippen LogP contribution < -0.4 is 4.90 Å². The van der Waals surface area contributed by atoms with Crippen LogP contribution in [0.25, 0.3) is 0 Å². The summed E-state index contributed by atoms with van der Waals surface area (Å²) in [6.45, 7) is 11.0. The second kappa shape index (κ2) is 7.37. The standard InChI is InChI=1S/C14H21N.C2H6/c1-12(2)13-6-8-14(9-7-13)15-10-4-3-5-11-15;1-2/h6-9,12H,3-5,10-11H2,1-2H3;1-2H3. The normalized spacial score (nSPS) is 15.5. The van der Waals surface area contributed by atoms with Gasteiger partial charge in [0.15, 0.2) is 0 Å². The molecule has 1 aromatic rings. The van der Waals surface area contributed by atoms with E-state index in [0.29, 0.717) is 5.92 Å². The second-order valence-corrected chi connectivity index (χ2v) is 4.79. The van der Waals surface area contributed by atoms with E-state index in [4.69, 9.17) is 0 Å². The molecule has 0 aliphatic carbocycles. The fraction of sp³-hybridized carbons (Fsp3) is 0.625. The first-order valence-electron chi connectivity index (χ1n) is 7.12. The van der Waals surface area contributed by atoms with Gasteiger partial charge in [-0.3, -0.25) is 0 Å². The highest BCUT2D eigenvalue weighted by Gasteiger charge is 2.10. The van der Waals surface area contributed by atoms with E-state index in [-0.39, 0.29) is 0 Å². The molecule has 1 heterocycles. The Bertz CT molecular complexity index is 294. The largest absolute Gasteiger partial charge is 0.372 e. The molecule has 0 amide bonds. The van der Waals surface area contributed by atoms with Crippen molar-refractivity contribution in [2.45, 2.75) is 52.9 Å². The Labute approximate surface area is 107 Å². The van der Waals surface area contributed by atoms with Crippen molar-refractivity contribution in [2.24, 2.45) is 0 Å². The van der Waals surface area contributed by atoms with Gasteiger partial charge in [0.05, 0.1) is 0 Å². The van der Waals surface area contributed by atoms with Crippen LogP contribution in [-0.4, -0.2) is 13.1 Å². The van der Waals surface area contributed by atoms with E-state index in [9.17, 15) is 0 Å². The van der Waals surface area contributed by atoms with Gasteiger partial charge in [-0.25, -0.2) is 0 Å². The van der Waals surface area contributed by atoms with Crippen LogP contribution in [0.4, 0.5) is 5.69 Å². The predicted octanol–water partition coefficient (Wildman–Crippen LogP) is 4.83. The molecule has 0 saturated carbocycles. The molecule has 1 aliphatic heterocycles. The summed E-state index contributed by atoms with van der Waals surface area (Å²) in [6, 6.07) is 9.10. The number of piperidine rings is 1. The van der Waals surface area contributed by atoms with Gasteiger partial charge in [0.25, 0.3) is 0 Å². The zero-order valence-electron chi connectivity index (χ0n) is 11.9. The van der Waals surface area contributed by atoms with E-state index in [2.05, 4.69) is 43.0 Å². The zero-order chi connectivity index (χ0) is 12.7. The second-order valence-electron chi connectivity index (χ2n) is 4.79. The molecule has 1 heteroatoms. The molecule has 0 N–H and O–H groups in total. The maximum absolute atomic E-state index is 2.51. The van der Waals surface area contributed by atoms with E-state index >= 15 is 0 Å². The molecule has 1 aromatic carbocycles. The summed E-state index contributed by atoms with van der Waals surface area (Å²) < 4.78 is 0. The van der Waals surface area contributed by atoms with E-state index in [0.717, 1.165) is 0 Å². The van der Waals surface area contributed by atoms with Crippen molar-refractivity contribution in [1.82, 2.24) is 0 Å². The Kier molecular flexibility index (Phi) is 6.10. The topological polar surface area (TPSA) is 3.24 Å². The summed E-state index contributed by atoms with van der Waals surface area (Å²) in [7, 11) is 0. The van der Waals surface area contributed by atoms with Crippen LogP contribution >= 0.6 is 0 Å². The summed E-state index contributed by atoms with van der Waals surface area (Å²) in [5, 5.41) is 0. The molecular formula is C16H27N. The third kappa shape index (κ3) is 4.07. The Hall–Kier alpha value is -0.980. The van der Waals surface area contributed by atoms with Crippen molar-refractivity contribution >= 4 is 5.69 Å². The van der Waals surface area contributed by atoms with Crippen molar-refractivity contribution in [3.05, 3.63) is 29.8 Å². The molecule has 1 aliphatic rings. The minimum Gasteiger partial charge on any atom is -0.372 e. The Morgan fingerprint density at radius 2 is 1.41 bits per heavy atom. The van der Waals surface area contributed by atoms with Crippen molar-refractivity contribution in [3.63, 3.8) is 0 Å². The van der Waals surface area contributed by atoms with Gasteiger partial charge in [0.2, 0.25) is 0 Å². The van der Waals surface area contributed by atoms with Crippen molar-refractivity contribution in [2.75, 3.05) is 18.0 Å². The minimum absolute atomic E-state index is 0.639. The Balaban J connectivity index is 0.000000686. The van der Waals surface area contributed by atoms with Gasteiger partial charge in [-0.2, -0.15) is 0 Å². The molecule has 0 radical (unpaired) electrons. The highest BCUT2D eigenvalue weighted by atomic mass is 15.1.